The Morgan fingerprint density at radius 3 is 2.56 bits per heavy atom. The number of nitrogens with one attached hydrogen (secondary N) is 1. The third kappa shape index (κ3) is 2.33. The quantitative estimate of drug-likeness (QED) is 0.814. The van der Waals surface area contributed by atoms with Crippen molar-refractivity contribution in [3.05, 3.63) is 35.4 Å². The van der Waals surface area contributed by atoms with Crippen LogP contribution >= 0.6 is 0 Å². The molecule has 18 heavy (non-hydrogen) atoms. The van der Waals surface area contributed by atoms with Gasteiger partial charge in [-0.1, -0.05) is 0 Å². The minimum atomic E-state index is -4.64. The van der Waals surface area contributed by atoms with Gasteiger partial charge in [-0.05, 0) is 18.2 Å². The van der Waals surface area contributed by atoms with E-state index in [9.17, 15) is 17.6 Å². The van der Waals surface area contributed by atoms with Crippen molar-refractivity contribution in [1.29, 1.82) is 0 Å². The molecule has 0 bridgehead atoms. The number of halogens is 4. The van der Waals surface area contributed by atoms with Crippen molar-refractivity contribution in [2.24, 2.45) is 0 Å². The average Bonchev–Trinajstić information content (AvgIpc) is 2.75. The van der Waals surface area contributed by atoms with Gasteiger partial charge in [-0.2, -0.15) is 18.3 Å². The molecule has 4 nitrogen and oxygen atoms in total. The average molecular weight is 261 g/mol. The van der Waals surface area contributed by atoms with E-state index in [1.807, 2.05) is 0 Å². The van der Waals surface area contributed by atoms with Crippen LogP contribution in [0.25, 0.3) is 11.4 Å². The van der Waals surface area contributed by atoms with Gasteiger partial charge in [-0.3, -0.25) is 5.10 Å². The first-order valence-electron chi connectivity index (χ1n) is 4.81. The van der Waals surface area contributed by atoms with Crippen molar-refractivity contribution in [2.45, 2.75) is 12.8 Å². The number of H-pyrrole nitrogens is 1. The molecule has 0 atom stereocenters. The molecule has 96 valence electrons. The zero-order chi connectivity index (χ0) is 13.3. The Hall–Kier alpha value is -1.96. The van der Waals surface area contributed by atoms with E-state index < -0.39 is 29.7 Å². The first-order chi connectivity index (χ1) is 8.41. The Morgan fingerprint density at radius 2 is 2.00 bits per heavy atom. The highest BCUT2D eigenvalue weighted by molar-refractivity contribution is 5.61. The molecule has 0 aliphatic heterocycles. The number of aromatic amines is 1. The van der Waals surface area contributed by atoms with Crippen LogP contribution in [0.3, 0.4) is 0 Å². The number of hydrogen-bond acceptors (Lipinski definition) is 3. The molecular weight excluding hydrogens is 254 g/mol. The van der Waals surface area contributed by atoms with E-state index in [0.29, 0.717) is 18.2 Å². The zero-order valence-corrected chi connectivity index (χ0v) is 8.79. The molecule has 0 aliphatic rings. The van der Waals surface area contributed by atoms with Crippen molar-refractivity contribution < 1.29 is 22.7 Å². The lowest BCUT2D eigenvalue weighted by atomic mass is 10.1. The number of nitrogens with zero attached hydrogens (tertiary/aromatic N) is 2. The number of aliphatic hydroxyl groups is 1. The molecule has 1 aromatic heterocycles. The SMILES string of the molecule is OCc1nc(-c2cc(F)ccc2C(F)(F)F)n[nH]1. The second-order valence-electron chi connectivity index (χ2n) is 3.45. The maximum absolute atomic E-state index is 13.0. The van der Waals surface area contributed by atoms with Crippen molar-refractivity contribution in [2.75, 3.05) is 0 Å². The molecule has 0 saturated heterocycles. The van der Waals surface area contributed by atoms with Gasteiger partial charge in [0.2, 0.25) is 0 Å². The molecular formula is C10H7F4N3O. The highest BCUT2D eigenvalue weighted by Crippen LogP contribution is 2.36. The Labute approximate surface area is 98.3 Å². The van der Waals surface area contributed by atoms with Crippen LogP contribution in [0.2, 0.25) is 0 Å². The fraction of sp³-hybridized carbons (Fsp3) is 0.200. The van der Waals surface area contributed by atoms with Gasteiger partial charge in [-0.15, -0.1) is 0 Å². The number of benzene rings is 1. The molecule has 0 radical (unpaired) electrons. The molecule has 8 heteroatoms. The smallest absolute Gasteiger partial charge is 0.388 e. The van der Waals surface area contributed by atoms with Gasteiger partial charge in [0, 0.05) is 5.56 Å². The van der Waals surface area contributed by atoms with E-state index in [4.69, 9.17) is 5.11 Å². The lowest BCUT2D eigenvalue weighted by molar-refractivity contribution is -0.137. The summed E-state index contributed by atoms with van der Waals surface area (Å²) in [7, 11) is 0. The summed E-state index contributed by atoms with van der Waals surface area (Å²) in [5.74, 6) is -1.14. The molecule has 0 unspecified atom stereocenters. The Morgan fingerprint density at radius 1 is 1.28 bits per heavy atom. The van der Waals surface area contributed by atoms with Crippen molar-refractivity contribution >= 4 is 0 Å². The largest absolute Gasteiger partial charge is 0.417 e. The molecule has 0 fully saturated rings. The summed E-state index contributed by atoms with van der Waals surface area (Å²) in [6.07, 6.45) is -4.64. The Balaban J connectivity index is 2.58. The van der Waals surface area contributed by atoms with Gasteiger partial charge in [0.15, 0.2) is 11.6 Å². The normalized spacial score (nSPS) is 11.8. The minimum Gasteiger partial charge on any atom is -0.388 e. The molecule has 1 aromatic carbocycles. The second kappa shape index (κ2) is 4.37. The van der Waals surface area contributed by atoms with Crippen LogP contribution < -0.4 is 0 Å². The van der Waals surface area contributed by atoms with Crippen LogP contribution in [0.4, 0.5) is 17.6 Å². The standard InChI is InChI=1S/C10H7F4N3O/c11-5-1-2-7(10(12,13)14)6(3-5)9-15-8(4-18)16-17-9/h1-3,18H,4H2,(H,15,16,17). The number of hydrogen-bond donors (Lipinski definition) is 2. The van der Waals surface area contributed by atoms with E-state index in [1.165, 1.54) is 0 Å². The summed E-state index contributed by atoms with van der Waals surface area (Å²) in [5, 5.41) is 14.5. The lowest BCUT2D eigenvalue weighted by Gasteiger charge is -2.10. The number of aliphatic hydroxyl groups excluding tert-OH is 1. The molecule has 0 amide bonds. The van der Waals surface area contributed by atoms with Crippen LogP contribution in [0.5, 0.6) is 0 Å². The predicted molar refractivity (Wildman–Crippen MR) is 52.7 cm³/mol. The van der Waals surface area contributed by atoms with Crippen molar-refractivity contribution in [3.63, 3.8) is 0 Å². The van der Waals surface area contributed by atoms with Crippen LogP contribution in [0, 0.1) is 5.82 Å². The summed E-state index contributed by atoms with van der Waals surface area (Å²) in [6, 6.07) is 2.04. The summed E-state index contributed by atoms with van der Waals surface area (Å²) < 4.78 is 51.2. The third-order valence-electron chi connectivity index (χ3n) is 2.21. The number of aromatic nitrogens is 3. The van der Waals surface area contributed by atoms with Crippen LogP contribution in [-0.4, -0.2) is 20.3 Å². The first kappa shape index (κ1) is 12.5. The Bertz CT molecular complexity index is 564. The van der Waals surface area contributed by atoms with E-state index >= 15 is 0 Å². The molecule has 0 spiro atoms. The third-order valence-corrected chi connectivity index (χ3v) is 2.21. The van der Waals surface area contributed by atoms with Gasteiger partial charge in [0.1, 0.15) is 12.4 Å². The fourth-order valence-electron chi connectivity index (χ4n) is 1.44. The topological polar surface area (TPSA) is 61.8 Å². The molecule has 0 aliphatic carbocycles. The van der Waals surface area contributed by atoms with Crippen LogP contribution in [0.1, 0.15) is 11.4 Å². The summed E-state index contributed by atoms with van der Waals surface area (Å²) >= 11 is 0. The van der Waals surface area contributed by atoms with Crippen molar-refractivity contribution in [3.8, 4) is 11.4 Å². The lowest BCUT2D eigenvalue weighted by Crippen LogP contribution is -2.08. The first-order valence-corrected chi connectivity index (χ1v) is 4.81. The maximum atomic E-state index is 13.0. The van der Waals surface area contributed by atoms with Crippen LogP contribution in [0.15, 0.2) is 18.2 Å². The van der Waals surface area contributed by atoms with Crippen LogP contribution in [-0.2, 0) is 12.8 Å². The zero-order valence-electron chi connectivity index (χ0n) is 8.79. The summed E-state index contributed by atoms with van der Waals surface area (Å²) in [6.45, 7) is -0.496. The van der Waals surface area contributed by atoms with Gasteiger partial charge < -0.3 is 5.11 Å². The van der Waals surface area contributed by atoms with Gasteiger partial charge in [0.05, 0.1) is 5.56 Å². The Kier molecular flexibility index (Phi) is 3.04. The molecule has 2 rings (SSSR count). The van der Waals surface area contributed by atoms with E-state index in [2.05, 4.69) is 15.2 Å². The predicted octanol–water partition coefficient (Wildman–Crippen LogP) is 2.12. The monoisotopic (exact) mass is 261 g/mol. The number of rotatable bonds is 2. The summed E-state index contributed by atoms with van der Waals surface area (Å²) in [4.78, 5) is 3.63. The molecule has 1 heterocycles. The molecule has 0 saturated carbocycles. The van der Waals surface area contributed by atoms with Gasteiger partial charge in [-0.25, -0.2) is 9.37 Å². The number of alkyl halides is 3. The fourth-order valence-corrected chi connectivity index (χ4v) is 1.44. The van der Waals surface area contributed by atoms with E-state index in [1.54, 1.807) is 0 Å². The van der Waals surface area contributed by atoms with Gasteiger partial charge in [0.25, 0.3) is 0 Å². The highest BCUT2D eigenvalue weighted by Gasteiger charge is 2.34. The summed E-state index contributed by atoms with van der Waals surface area (Å²) in [5.41, 5.74) is -1.51. The molecule has 2 N–H and O–H groups in total. The van der Waals surface area contributed by atoms with Crippen molar-refractivity contribution in [1.82, 2.24) is 15.2 Å². The van der Waals surface area contributed by atoms with E-state index in [-0.39, 0.29) is 11.6 Å². The van der Waals surface area contributed by atoms with Gasteiger partial charge >= 0.3 is 6.18 Å². The highest BCUT2D eigenvalue weighted by atomic mass is 19.4. The molecule has 2 aromatic rings. The maximum Gasteiger partial charge on any atom is 0.417 e. The van der Waals surface area contributed by atoms with E-state index in [0.717, 1.165) is 0 Å². The second-order valence-corrected chi connectivity index (χ2v) is 3.45. The minimum absolute atomic E-state index is 0.00221.